The van der Waals surface area contributed by atoms with Crippen LogP contribution in [0, 0.1) is 5.92 Å². The Morgan fingerprint density at radius 3 is 2.67 bits per heavy atom. The average molecular weight is 314 g/mol. The molecule has 0 amide bonds. The molecule has 1 N–H and O–H groups in total. The van der Waals surface area contributed by atoms with Crippen LogP contribution in [0.15, 0.2) is 0 Å². The Morgan fingerprint density at radius 1 is 1.24 bits per heavy atom. The lowest BCUT2D eigenvalue weighted by atomic mass is 9.70. The Bertz CT molecular complexity index is 338. The van der Waals surface area contributed by atoms with Crippen LogP contribution in [0.25, 0.3) is 0 Å². The molecule has 3 aliphatic rings. The second kappa shape index (κ2) is 6.77. The number of hydrogen-bond donors (Lipinski definition) is 1. The summed E-state index contributed by atoms with van der Waals surface area (Å²) < 4.78 is 12.3. The number of nitrogens with one attached hydrogen (secondary N) is 1. The Hall–Kier alpha value is 0.230. The molecular weight excluding hydrogens is 282 g/mol. The van der Waals surface area contributed by atoms with Crippen molar-refractivity contribution in [1.82, 2.24) is 5.32 Å². The molecule has 3 rings (SSSR count). The predicted molar refractivity (Wildman–Crippen MR) is 89.0 cm³/mol. The summed E-state index contributed by atoms with van der Waals surface area (Å²) >= 11 is 2.06. The van der Waals surface area contributed by atoms with Crippen molar-refractivity contribution >= 4 is 11.8 Å². The van der Waals surface area contributed by atoms with Gasteiger partial charge in [0.15, 0.2) is 0 Å². The fourth-order valence-electron chi connectivity index (χ4n) is 4.93. The van der Waals surface area contributed by atoms with Crippen LogP contribution in [0.3, 0.4) is 0 Å². The molecule has 3 nitrogen and oxygen atoms in total. The van der Waals surface area contributed by atoms with Gasteiger partial charge in [0, 0.05) is 25.5 Å². The van der Waals surface area contributed by atoms with Crippen LogP contribution < -0.4 is 5.32 Å². The van der Waals surface area contributed by atoms with E-state index in [1.165, 1.54) is 62.9 Å². The summed E-state index contributed by atoms with van der Waals surface area (Å²) in [5, 5.41) is 3.65. The molecule has 1 spiro atoms. The van der Waals surface area contributed by atoms with Crippen LogP contribution >= 0.6 is 11.8 Å². The fraction of sp³-hybridized carbons (Fsp3) is 1.00. The standard InChI is InChI=1S/C17H31NO2S/c1-18-15(17(19-2)7-4-3-5-8-17)14-6-10-20-16(12-14)9-11-21-13-16/h14-15,18H,3-13H2,1-2H3. The lowest BCUT2D eigenvalue weighted by molar-refractivity contribution is -0.125. The maximum Gasteiger partial charge on any atom is 0.0833 e. The summed E-state index contributed by atoms with van der Waals surface area (Å²) in [6, 6.07) is 0.481. The first-order valence-electron chi connectivity index (χ1n) is 8.68. The van der Waals surface area contributed by atoms with E-state index in [4.69, 9.17) is 9.47 Å². The molecule has 4 heteroatoms. The van der Waals surface area contributed by atoms with E-state index in [0.29, 0.717) is 12.0 Å². The summed E-state index contributed by atoms with van der Waals surface area (Å²) in [4.78, 5) is 0. The molecule has 3 fully saturated rings. The van der Waals surface area contributed by atoms with E-state index < -0.39 is 0 Å². The van der Waals surface area contributed by atoms with Crippen LogP contribution in [0.2, 0.25) is 0 Å². The second-order valence-electron chi connectivity index (χ2n) is 7.18. The summed E-state index contributed by atoms with van der Waals surface area (Å²) in [5.74, 6) is 3.16. The Balaban J connectivity index is 1.75. The number of ether oxygens (including phenoxy) is 2. The van der Waals surface area contributed by atoms with Crippen molar-refractivity contribution < 1.29 is 9.47 Å². The summed E-state index contributed by atoms with van der Waals surface area (Å²) in [5.41, 5.74) is 0.230. The molecule has 2 aliphatic heterocycles. The van der Waals surface area contributed by atoms with Gasteiger partial charge in [-0.3, -0.25) is 0 Å². The van der Waals surface area contributed by atoms with Gasteiger partial charge in [-0.1, -0.05) is 19.3 Å². The molecule has 21 heavy (non-hydrogen) atoms. The average Bonchev–Trinajstić information content (AvgIpc) is 2.97. The number of hydrogen-bond acceptors (Lipinski definition) is 4. The van der Waals surface area contributed by atoms with Crippen LogP contribution in [0.4, 0.5) is 0 Å². The van der Waals surface area contributed by atoms with Crippen LogP contribution in [0.1, 0.15) is 51.4 Å². The molecule has 2 saturated heterocycles. The van der Waals surface area contributed by atoms with E-state index in [1.807, 2.05) is 7.11 Å². The fourth-order valence-corrected chi connectivity index (χ4v) is 6.31. The number of rotatable bonds is 4. The van der Waals surface area contributed by atoms with Crippen LogP contribution in [-0.2, 0) is 9.47 Å². The van der Waals surface area contributed by atoms with Gasteiger partial charge in [-0.25, -0.2) is 0 Å². The highest BCUT2D eigenvalue weighted by Crippen LogP contribution is 2.45. The number of thioether (sulfide) groups is 1. The van der Waals surface area contributed by atoms with Crippen molar-refractivity contribution in [3.8, 4) is 0 Å². The smallest absolute Gasteiger partial charge is 0.0833 e. The van der Waals surface area contributed by atoms with Crippen LogP contribution in [0.5, 0.6) is 0 Å². The minimum Gasteiger partial charge on any atom is -0.377 e. The molecule has 3 atom stereocenters. The first-order valence-corrected chi connectivity index (χ1v) is 9.83. The normalized spacial score (nSPS) is 37.7. The van der Waals surface area contributed by atoms with Crippen molar-refractivity contribution in [2.24, 2.45) is 5.92 Å². The number of methoxy groups -OCH3 is 1. The van der Waals surface area contributed by atoms with Crippen LogP contribution in [-0.4, -0.2) is 49.5 Å². The maximum absolute atomic E-state index is 6.22. The maximum atomic E-state index is 6.22. The van der Waals surface area contributed by atoms with Gasteiger partial charge in [-0.15, -0.1) is 0 Å². The zero-order valence-electron chi connectivity index (χ0n) is 13.7. The molecule has 0 bridgehead atoms. The third kappa shape index (κ3) is 3.15. The first-order chi connectivity index (χ1) is 10.2. The molecule has 0 aromatic rings. The largest absolute Gasteiger partial charge is 0.377 e. The molecule has 0 aromatic heterocycles. The van der Waals surface area contributed by atoms with Gasteiger partial charge in [0.2, 0.25) is 0 Å². The Labute approximate surface area is 133 Å². The van der Waals surface area contributed by atoms with Gasteiger partial charge >= 0.3 is 0 Å². The topological polar surface area (TPSA) is 30.5 Å². The van der Waals surface area contributed by atoms with Gasteiger partial charge < -0.3 is 14.8 Å². The molecule has 3 unspecified atom stereocenters. The minimum atomic E-state index is 0.0575. The van der Waals surface area contributed by atoms with Gasteiger partial charge in [-0.05, 0) is 50.8 Å². The Morgan fingerprint density at radius 2 is 2.05 bits per heavy atom. The number of likely N-dealkylation sites (N-methyl/N-ethyl adjacent to an activating group) is 1. The molecule has 122 valence electrons. The third-order valence-corrected chi connectivity index (χ3v) is 7.28. The summed E-state index contributed by atoms with van der Waals surface area (Å²) in [7, 11) is 4.06. The van der Waals surface area contributed by atoms with E-state index in [0.717, 1.165) is 6.61 Å². The monoisotopic (exact) mass is 313 g/mol. The quantitative estimate of drug-likeness (QED) is 0.863. The Kier molecular flexibility index (Phi) is 5.19. The van der Waals surface area contributed by atoms with E-state index in [9.17, 15) is 0 Å². The molecule has 0 aromatic carbocycles. The molecule has 0 radical (unpaired) electrons. The molecular formula is C17H31NO2S. The lowest BCUT2D eigenvalue weighted by Crippen LogP contribution is -2.58. The zero-order valence-corrected chi connectivity index (χ0v) is 14.5. The van der Waals surface area contributed by atoms with E-state index in [1.54, 1.807) is 0 Å². The molecule has 2 heterocycles. The van der Waals surface area contributed by atoms with Gasteiger partial charge in [0.05, 0.1) is 11.2 Å². The predicted octanol–water partition coefficient (Wildman–Crippen LogP) is 3.23. The van der Waals surface area contributed by atoms with Crippen molar-refractivity contribution in [2.75, 3.05) is 32.3 Å². The molecule has 1 aliphatic carbocycles. The highest BCUT2D eigenvalue weighted by molar-refractivity contribution is 7.99. The minimum absolute atomic E-state index is 0.0575. The van der Waals surface area contributed by atoms with Crippen molar-refractivity contribution in [3.63, 3.8) is 0 Å². The zero-order chi connectivity index (χ0) is 14.8. The van der Waals surface area contributed by atoms with Crippen molar-refractivity contribution in [1.29, 1.82) is 0 Å². The SMILES string of the molecule is CNC(C1CCOC2(CCSC2)C1)C1(OC)CCCCC1. The summed E-state index contributed by atoms with van der Waals surface area (Å²) in [6.07, 6.45) is 10.1. The van der Waals surface area contributed by atoms with E-state index in [-0.39, 0.29) is 11.2 Å². The third-order valence-electron chi connectivity index (χ3n) is 6.05. The molecule has 1 saturated carbocycles. The highest BCUT2D eigenvalue weighted by Gasteiger charge is 2.48. The first kappa shape index (κ1) is 16.1. The van der Waals surface area contributed by atoms with Gasteiger partial charge in [0.25, 0.3) is 0 Å². The van der Waals surface area contributed by atoms with Crippen molar-refractivity contribution in [3.05, 3.63) is 0 Å². The van der Waals surface area contributed by atoms with Gasteiger partial charge in [-0.2, -0.15) is 11.8 Å². The second-order valence-corrected chi connectivity index (χ2v) is 8.29. The van der Waals surface area contributed by atoms with E-state index >= 15 is 0 Å². The summed E-state index contributed by atoms with van der Waals surface area (Å²) in [6.45, 7) is 0.934. The lowest BCUT2D eigenvalue weighted by Gasteiger charge is -2.49. The highest BCUT2D eigenvalue weighted by atomic mass is 32.2. The van der Waals surface area contributed by atoms with Gasteiger partial charge in [0.1, 0.15) is 0 Å². The van der Waals surface area contributed by atoms with E-state index in [2.05, 4.69) is 24.1 Å². The van der Waals surface area contributed by atoms with Crippen molar-refractivity contribution in [2.45, 2.75) is 68.6 Å².